The fourth-order valence-corrected chi connectivity index (χ4v) is 3.95. The van der Waals surface area contributed by atoms with Crippen molar-refractivity contribution in [3.05, 3.63) is 69.4 Å². The number of benzene rings is 2. The molecule has 0 aliphatic heterocycles. The lowest BCUT2D eigenvalue weighted by molar-refractivity contribution is -0.385. The maximum atomic E-state index is 12.8. The Morgan fingerprint density at radius 2 is 1.94 bits per heavy atom. The summed E-state index contributed by atoms with van der Waals surface area (Å²) in [5.41, 5.74) is 1.47. The van der Waals surface area contributed by atoms with E-state index in [1.807, 2.05) is 24.3 Å². The standard InChI is InChI=1S/C24H22BrN5O5/c1-24(2,3)35-23(31)29-13-15(14-7-5-6-8-19(14)29)17-9-10-26-22(27-17)28-18-12-20(30(32)33)16(25)11-21(18)34-4/h5-13H,1-4H3,(H,26,27,28). The molecule has 0 saturated carbocycles. The summed E-state index contributed by atoms with van der Waals surface area (Å²) in [6, 6.07) is 12.0. The van der Waals surface area contributed by atoms with E-state index in [9.17, 15) is 14.9 Å². The number of para-hydroxylation sites is 1. The van der Waals surface area contributed by atoms with Gasteiger partial charge in [0.05, 0.1) is 33.4 Å². The normalized spacial score (nSPS) is 11.3. The van der Waals surface area contributed by atoms with Crippen molar-refractivity contribution in [3.63, 3.8) is 0 Å². The molecule has 1 N–H and O–H groups in total. The summed E-state index contributed by atoms with van der Waals surface area (Å²) in [7, 11) is 1.46. The molecule has 2 aromatic heterocycles. The lowest BCUT2D eigenvalue weighted by atomic mass is 10.1. The molecule has 0 aliphatic carbocycles. The Labute approximate surface area is 209 Å². The second kappa shape index (κ2) is 9.34. The number of fused-ring (bicyclic) bond motifs is 1. The molecule has 2 aromatic carbocycles. The number of carbonyl (C=O) groups excluding carboxylic acids is 1. The first-order chi connectivity index (χ1) is 16.6. The number of nitrogens with zero attached hydrogens (tertiary/aromatic N) is 4. The monoisotopic (exact) mass is 539 g/mol. The minimum absolute atomic E-state index is 0.134. The molecule has 0 atom stereocenters. The van der Waals surface area contributed by atoms with Crippen molar-refractivity contribution in [1.29, 1.82) is 0 Å². The first-order valence-corrected chi connectivity index (χ1v) is 11.3. The third kappa shape index (κ3) is 5.09. The number of hydrogen-bond acceptors (Lipinski definition) is 8. The van der Waals surface area contributed by atoms with Crippen LogP contribution in [0.2, 0.25) is 0 Å². The molecule has 0 spiro atoms. The van der Waals surface area contributed by atoms with E-state index in [-0.39, 0.29) is 16.1 Å². The number of nitro groups is 1. The van der Waals surface area contributed by atoms with E-state index in [4.69, 9.17) is 9.47 Å². The number of carbonyl (C=O) groups is 1. The number of nitro benzene ring substituents is 1. The van der Waals surface area contributed by atoms with Crippen LogP contribution in [0.3, 0.4) is 0 Å². The van der Waals surface area contributed by atoms with Gasteiger partial charge < -0.3 is 14.8 Å². The van der Waals surface area contributed by atoms with Gasteiger partial charge in [0.2, 0.25) is 5.95 Å². The third-order valence-electron chi connectivity index (χ3n) is 4.95. The molecule has 0 fully saturated rings. The van der Waals surface area contributed by atoms with Crippen LogP contribution in [0.5, 0.6) is 5.75 Å². The van der Waals surface area contributed by atoms with E-state index in [1.165, 1.54) is 23.8 Å². The molecular formula is C24H22BrN5O5. The molecule has 2 heterocycles. The van der Waals surface area contributed by atoms with Gasteiger partial charge in [0.1, 0.15) is 11.4 Å². The molecule has 4 rings (SSSR count). The SMILES string of the molecule is COc1cc(Br)c([N+](=O)[O-])cc1Nc1nccc(-c2cn(C(=O)OC(C)(C)C)c3ccccc23)n1. The molecule has 0 saturated heterocycles. The molecule has 180 valence electrons. The van der Waals surface area contributed by atoms with Crippen LogP contribution in [0.1, 0.15) is 20.8 Å². The summed E-state index contributed by atoms with van der Waals surface area (Å²) in [6.07, 6.45) is 2.74. The third-order valence-corrected chi connectivity index (χ3v) is 5.58. The molecule has 4 aromatic rings. The van der Waals surface area contributed by atoms with Gasteiger partial charge in [-0.15, -0.1) is 0 Å². The van der Waals surface area contributed by atoms with Crippen LogP contribution in [0.25, 0.3) is 22.2 Å². The molecule has 11 heteroatoms. The maximum absolute atomic E-state index is 12.8. The number of halogens is 1. The molecule has 0 bridgehead atoms. The van der Waals surface area contributed by atoms with Crippen molar-refractivity contribution in [2.45, 2.75) is 26.4 Å². The summed E-state index contributed by atoms with van der Waals surface area (Å²) in [6.45, 7) is 5.42. The van der Waals surface area contributed by atoms with Gasteiger partial charge in [-0.1, -0.05) is 18.2 Å². The Morgan fingerprint density at radius 3 is 2.63 bits per heavy atom. The Morgan fingerprint density at radius 1 is 1.20 bits per heavy atom. The van der Waals surface area contributed by atoms with Crippen LogP contribution in [0, 0.1) is 10.1 Å². The highest BCUT2D eigenvalue weighted by Gasteiger charge is 2.22. The minimum Gasteiger partial charge on any atom is -0.495 e. The van der Waals surface area contributed by atoms with Gasteiger partial charge >= 0.3 is 6.09 Å². The zero-order chi connectivity index (χ0) is 25.3. The smallest absolute Gasteiger partial charge is 0.419 e. The van der Waals surface area contributed by atoms with Gasteiger partial charge in [-0.3, -0.25) is 14.7 Å². The number of aromatic nitrogens is 3. The average molecular weight is 540 g/mol. The minimum atomic E-state index is -0.652. The first-order valence-electron chi connectivity index (χ1n) is 10.5. The van der Waals surface area contributed by atoms with Gasteiger partial charge in [-0.2, -0.15) is 0 Å². The van der Waals surface area contributed by atoms with E-state index < -0.39 is 16.6 Å². The highest BCUT2D eigenvalue weighted by molar-refractivity contribution is 9.10. The fraction of sp³-hybridized carbons (Fsp3) is 0.208. The van der Waals surface area contributed by atoms with Crippen molar-refractivity contribution < 1.29 is 19.2 Å². The summed E-state index contributed by atoms with van der Waals surface area (Å²) >= 11 is 3.18. The second-order valence-electron chi connectivity index (χ2n) is 8.56. The summed E-state index contributed by atoms with van der Waals surface area (Å²) < 4.78 is 12.6. The van der Waals surface area contributed by atoms with Crippen molar-refractivity contribution >= 4 is 50.2 Å². The quantitative estimate of drug-likeness (QED) is 0.231. The van der Waals surface area contributed by atoms with E-state index in [2.05, 4.69) is 31.2 Å². The van der Waals surface area contributed by atoms with Crippen LogP contribution in [0.15, 0.2) is 59.3 Å². The predicted octanol–water partition coefficient (Wildman–Crippen LogP) is 6.30. The van der Waals surface area contributed by atoms with Gasteiger partial charge in [-0.05, 0) is 48.8 Å². The summed E-state index contributed by atoms with van der Waals surface area (Å²) in [5, 5.41) is 15.2. The zero-order valence-corrected chi connectivity index (χ0v) is 21.0. The molecule has 0 amide bonds. The average Bonchev–Trinajstić information content (AvgIpc) is 3.19. The molecule has 0 aliphatic rings. The van der Waals surface area contributed by atoms with E-state index in [0.717, 1.165) is 5.39 Å². The Bertz CT molecular complexity index is 1440. The molecular weight excluding hydrogens is 518 g/mol. The molecule has 0 unspecified atom stereocenters. The number of rotatable bonds is 5. The number of anilines is 2. The Balaban J connectivity index is 1.75. The lowest BCUT2D eigenvalue weighted by Crippen LogP contribution is -2.26. The summed E-state index contributed by atoms with van der Waals surface area (Å²) in [4.78, 5) is 32.5. The van der Waals surface area contributed by atoms with Crippen molar-refractivity contribution in [2.75, 3.05) is 12.4 Å². The Kier molecular flexibility index (Phi) is 6.44. The van der Waals surface area contributed by atoms with Crippen LogP contribution >= 0.6 is 15.9 Å². The largest absolute Gasteiger partial charge is 0.495 e. The molecule has 10 nitrogen and oxygen atoms in total. The molecule has 35 heavy (non-hydrogen) atoms. The van der Waals surface area contributed by atoms with Crippen molar-refractivity contribution in [3.8, 4) is 17.0 Å². The van der Waals surface area contributed by atoms with Gasteiger partial charge in [0.15, 0.2) is 0 Å². The first kappa shape index (κ1) is 24.1. The van der Waals surface area contributed by atoms with Crippen LogP contribution < -0.4 is 10.1 Å². The highest BCUT2D eigenvalue weighted by Crippen LogP contribution is 2.37. The van der Waals surface area contributed by atoms with E-state index in [0.29, 0.717) is 28.2 Å². The van der Waals surface area contributed by atoms with Crippen LogP contribution in [-0.4, -0.2) is 38.3 Å². The fourth-order valence-electron chi connectivity index (χ4n) is 3.49. The van der Waals surface area contributed by atoms with Crippen LogP contribution in [0.4, 0.5) is 22.1 Å². The topological polar surface area (TPSA) is 121 Å². The lowest BCUT2D eigenvalue weighted by Gasteiger charge is -2.19. The molecule has 0 radical (unpaired) electrons. The van der Waals surface area contributed by atoms with Crippen molar-refractivity contribution in [1.82, 2.24) is 14.5 Å². The van der Waals surface area contributed by atoms with Gasteiger partial charge in [0.25, 0.3) is 5.69 Å². The predicted molar refractivity (Wildman–Crippen MR) is 135 cm³/mol. The van der Waals surface area contributed by atoms with Gasteiger partial charge in [0, 0.05) is 35.5 Å². The number of methoxy groups -OCH3 is 1. The van der Waals surface area contributed by atoms with E-state index >= 15 is 0 Å². The van der Waals surface area contributed by atoms with Crippen molar-refractivity contribution in [2.24, 2.45) is 0 Å². The zero-order valence-electron chi connectivity index (χ0n) is 19.4. The van der Waals surface area contributed by atoms with Gasteiger partial charge in [-0.25, -0.2) is 14.8 Å². The number of ether oxygens (including phenoxy) is 2. The maximum Gasteiger partial charge on any atom is 0.419 e. The number of hydrogen-bond donors (Lipinski definition) is 1. The summed E-state index contributed by atoms with van der Waals surface area (Å²) in [5.74, 6) is 0.574. The highest BCUT2D eigenvalue weighted by atomic mass is 79.9. The second-order valence-corrected chi connectivity index (χ2v) is 9.42. The number of nitrogens with one attached hydrogen (secondary N) is 1. The van der Waals surface area contributed by atoms with E-state index in [1.54, 1.807) is 39.2 Å². The Hall–Kier alpha value is -3.99. The van der Waals surface area contributed by atoms with Crippen LogP contribution in [-0.2, 0) is 4.74 Å².